The van der Waals surface area contributed by atoms with Crippen molar-refractivity contribution >= 4 is 27.5 Å². The third-order valence-corrected chi connectivity index (χ3v) is 5.89. The highest BCUT2D eigenvalue weighted by atomic mass is 79.9. The Balaban J connectivity index is 2.10. The Morgan fingerprint density at radius 1 is 1.15 bits per heavy atom. The van der Waals surface area contributed by atoms with E-state index in [0.717, 1.165) is 25.3 Å². The molecule has 3 rings (SSSR count). The highest BCUT2D eigenvalue weighted by Crippen LogP contribution is 2.49. The fourth-order valence-corrected chi connectivity index (χ4v) is 4.35. The number of aliphatic hydroxyl groups is 1. The first-order chi connectivity index (χ1) is 13.0. The number of hydrogen-bond donors (Lipinski definition) is 1. The van der Waals surface area contributed by atoms with Gasteiger partial charge in [0.05, 0.1) is 12.8 Å². The molecule has 0 aliphatic carbocycles. The highest BCUT2D eigenvalue weighted by molar-refractivity contribution is 9.10. The van der Waals surface area contributed by atoms with E-state index in [-0.39, 0.29) is 5.91 Å². The number of benzene rings is 2. The van der Waals surface area contributed by atoms with E-state index in [9.17, 15) is 9.90 Å². The van der Waals surface area contributed by atoms with Gasteiger partial charge in [0.1, 0.15) is 5.75 Å². The summed E-state index contributed by atoms with van der Waals surface area (Å²) in [4.78, 5) is 17.4. The van der Waals surface area contributed by atoms with Crippen LogP contribution in [0.2, 0.25) is 0 Å². The Labute approximate surface area is 168 Å². The number of amides is 1. The third kappa shape index (κ3) is 3.26. The molecule has 27 heavy (non-hydrogen) atoms. The van der Waals surface area contributed by atoms with Gasteiger partial charge in [0.15, 0.2) is 0 Å². The minimum atomic E-state index is -1.79. The van der Waals surface area contributed by atoms with Crippen molar-refractivity contribution in [2.75, 3.05) is 38.2 Å². The Bertz CT molecular complexity index is 838. The molecule has 1 amide bonds. The van der Waals surface area contributed by atoms with Crippen LogP contribution in [0.15, 0.2) is 46.9 Å². The molecule has 1 unspecified atom stereocenters. The van der Waals surface area contributed by atoms with Crippen molar-refractivity contribution in [1.29, 1.82) is 0 Å². The highest BCUT2D eigenvalue weighted by Gasteiger charge is 2.53. The van der Waals surface area contributed by atoms with E-state index >= 15 is 0 Å². The number of halogens is 1. The maximum Gasteiger partial charge on any atom is 0.268 e. The third-order valence-electron chi connectivity index (χ3n) is 5.23. The first-order valence-corrected chi connectivity index (χ1v) is 9.97. The molecule has 1 heterocycles. The molecule has 1 aliphatic rings. The second kappa shape index (κ2) is 8.00. The SMILES string of the molecule is CCN(CC)CCN1C(=O)C(O)(c2ccccc2OC)c2c(Br)cccc21. The molecule has 1 atom stereocenters. The zero-order valence-corrected chi connectivity index (χ0v) is 17.5. The van der Waals surface area contributed by atoms with Crippen LogP contribution >= 0.6 is 15.9 Å². The average molecular weight is 433 g/mol. The molecule has 0 spiro atoms. The zero-order valence-electron chi connectivity index (χ0n) is 15.9. The maximum absolute atomic E-state index is 13.5. The molecule has 1 aliphatic heterocycles. The number of carbonyl (C=O) groups excluding carboxylic acids is 1. The van der Waals surface area contributed by atoms with Gasteiger partial charge in [0.2, 0.25) is 5.60 Å². The summed E-state index contributed by atoms with van der Waals surface area (Å²) in [6.07, 6.45) is 0. The second-order valence-corrected chi connectivity index (χ2v) is 7.38. The number of fused-ring (bicyclic) bond motifs is 1. The summed E-state index contributed by atoms with van der Waals surface area (Å²) < 4.78 is 6.14. The summed E-state index contributed by atoms with van der Waals surface area (Å²) in [5, 5.41) is 11.7. The van der Waals surface area contributed by atoms with Gasteiger partial charge in [-0.2, -0.15) is 0 Å². The lowest BCUT2D eigenvalue weighted by molar-refractivity contribution is -0.132. The van der Waals surface area contributed by atoms with Crippen LogP contribution in [-0.4, -0.2) is 49.2 Å². The standard InChI is InChI=1S/C21H25BrN2O3/c1-4-23(5-2)13-14-24-17-11-8-10-16(22)19(17)21(26,20(24)25)15-9-6-7-12-18(15)27-3/h6-12,26H,4-5,13-14H2,1-3H3. The molecule has 6 heteroatoms. The van der Waals surface area contributed by atoms with E-state index in [1.54, 1.807) is 30.2 Å². The van der Waals surface area contributed by atoms with Crippen LogP contribution < -0.4 is 9.64 Å². The molecular weight excluding hydrogens is 408 g/mol. The van der Waals surface area contributed by atoms with E-state index in [1.165, 1.54) is 0 Å². The maximum atomic E-state index is 13.5. The molecule has 0 bridgehead atoms. The minimum absolute atomic E-state index is 0.346. The van der Waals surface area contributed by atoms with Gasteiger partial charge in [0, 0.05) is 28.7 Å². The lowest BCUT2D eigenvalue weighted by Crippen LogP contribution is -2.44. The van der Waals surface area contributed by atoms with Gasteiger partial charge in [-0.3, -0.25) is 4.79 Å². The molecule has 0 aromatic heterocycles. The van der Waals surface area contributed by atoms with Crippen molar-refractivity contribution in [3.8, 4) is 5.75 Å². The van der Waals surface area contributed by atoms with Crippen molar-refractivity contribution < 1.29 is 14.6 Å². The Morgan fingerprint density at radius 2 is 1.85 bits per heavy atom. The number of anilines is 1. The molecule has 0 saturated carbocycles. The van der Waals surface area contributed by atoms with E-state index in [0.29, 0.717) is 27.9 Å². The van der Waals surface area contributed by atoms with Gasteiger partial charge in [-0.15, -0.1) is 0 Å². The van der Waals surface area contributed by atoms with Crippen molar-refractivity contribution in [3.63, 3.8) is 0 Å². The van der Waals surface area contributed by atoms with Gasteiger partial charge in [-0.25, -0.2) is 0 Å². The van der Waals surface area contributed by atoms with E-state index in [2.05, 4.69) is 34.7 Å². The number of para-hydroxylation sites is 1. The molecule has 5 nitrogen and oxygen atoms in total. The van der Waals surface area contributed by atoms with Crippen LogP contribution in [0.1, 0.15) is 25.0 Å². The summed E-state index contributed by atoms with van der Waals surface area (Å²) in [6, 6.07) is 12.7. The molecule has 144 valence electrons. The predicted octanol–water partition coefficient (Wildman–Crippen LogP) is 3.38. The normalized spacial score (nSPS) is 18.9. The molecule has 1 N–H and O–H groups in total. The van der Waals surface area contributed by atoms with Crippen LogP contribution in [0.3, 0.4) is 0 Å². The number of nitrogens with zero attached hydrogens (tertiary/aromatic N) is 2. The van der Waals surface area contributed by atoms with Crippen molar-refractivity contribution in [1.82, 2.24) is 4.90 Å². The zero-order chi connectivity index (χ0) is 19.6. The lowest BCUT2D eigenvalue weighted by atomic mass is 9.87. The monoisotopic (exact) mass is 432 g/mol. The van der Waals surface area contributed by atoms with Crippen molar-refractivity contribution in [3.05, 3.63) is 58.1 Å². The largest absolute Gasteiger partial charge is 0.496 e. The number of ether oxygens (including phenoxy) is 1. The molecule has 0 saturated heterocycles. The second-order valence-electron chi connectivity index (χ2n) is 6.53. The van der Waals surface area contributed by atoms with Gasteiger partial charge >= 0.3 is 0 Å². The Hall–Kier alpha value is -1.89. The Kier molecular flexibility index (Phi) is 5.89. The summed E-state index contributed by atoms with van der Waals surface area (Å²) in [6.45, 7) is 7.30. The van der Waals surface area contributed by atoms with Crippen LogP contribution in [-0.2, 0) is 10.4 Å². The van der Waals surface area contributed by atoms with Crippen molar-refractivity contribution in [2.45, 2.75) is 19.4 Å². The molecule has 0 radical (unpaired) electrons. The van der Waals surface area contributed by atoms with Gasteiger partial charge < -0.3 is 19.6 Å². The number of rotatable bonds is 7. The van der Waals surface area contributed by atoms with Crippen LogP contribution in [0.4, 0.5) is 5.69 Å². The fourth-order valence-electron chi connectivity index (χ4n) is 3.70. The summed E-state index contributed by atoms with van der Waals surface area (Å²) in [5.74, 6) is 0.140. The van der Waals surface area contributed by atoms with Crippen molar-refractivity contribution in [2.24, 2.45) is 0 Å². The van der Waals surface area contributed by atoms with Gasteiger partial charge in [-0.1, -0.05) is 54.0 Å². The lowest BCUT2D eigenvalue weighted by Gasteiger charge is -2.27. The van der Waals surface area contributed by atoms with Crippen LogP contribution in [0.25, 0.3) is 0 Å². The summed E-state index contributed by atoms with van der Waals surface area (Å²) in [5.41, 5.74) is -0.0318. The van der Waals surface area contributed by atoms with E-state index in [1.807, 2.05) is 24.3 Å². The van der Waals surface area contributed by atoms with Gasteiger partial charge in [-0.05, 0) is 31.3 Å². The number of hydrogen-bond acceptors (Lipinski definition) is 4. The van der Waals surface area contributed by atoms with Crippen LogP contribution in [0.5, 0.6) is 5.75 Å². The summed E-state index contributed by atoms with van der Waals surface area (Å²) >= 11 is 3.54. The van der Waals surface area contributed by atoms with Gasteiger partial charge in [0.25, 0.3) is 5.91 Å². The number of methoxy groups -OCH3 is 1. The molecule has 2 aromatic rings. The molecule has 0 fully saturated rings. The van der Waals surface area contributed by atoms with E-state index < -0.39 is 5.60 Å². The average Bonchev–Trinajstić information content (AvgIpc) is 2.92. The number of likely N-dealkylation sites (N-methyl/N-ethyl adjacent to an activating group) is 1. The topological polar surface area (TPSA) is 53.0 Å². The quantitative estimate of drug-likeness (QED) is 0.728. The first-order valence-electron chi connectivity index (χ1n) is 9.18. The summed E-state index contributed by atoms with van der Waals surface area (Å²) in [7, 11) is 1.54. The van der Waals surface area contributed by atoms with Crippen LogP contribution in [0, 0.1) is 0 Å². The molecule has 2 aromatic carbocycles. The predicted molar refractivity (Wildman–Crippen MR) is 110 cm³/mol. The Morgan fingerprint density at radius 3 is 2.52 bits per heavy atom. The molecular formula is C21H25BrN2O3. The first kappa shape index (κ1) is 19.9. The fraction of sp³-hybridized carbons (Fsp3) is 0.381. The smallest absolute Gasteiger partial charge is 0.268 e. The minimum Gasteiger partial charge on any atom is -0.496 e. The van der Waals surface area contributed by atoms with E-state index in [4.69, 9.17) is 4.74 Å². The number of carbonyl (C=O) groups is 1.